The van der Waals surface area contributed by atoms with E-state index in [1.807, 2.05) is 0 Å². The van der Waals surface area contributed by atoms with Gasteiger partial charge in [0, 0.05) is 0 Å². The SMILES string of the molecule is CC(=[Si]=[Si]=[SiH2])C1CCC2OC2C1. The van der Waals surface area contributed by atoms with Crippen LogP contribution in [-0.2, 0) is 4.74 Å². The van der Waals surface area contributed by atoms with Crippen LogP contribution in [0, 0.1) is 5.92 Å². The average molecular weight is 210 g/mol. The first-order valence-electron chi connectivity index (χ1n) is 4.58. The van der Waals surface area contributed by atoms with E-state index in [9.17, 15) is 0 Å². The van der Waals surface area contributed by atoms with Crippen molar-refractivity contribution >= 4 is 30.4 Å². The molecular formula is C8H14OSi3. The van der Waals surface area contributed by atoms with E-state index in [-0.39, 0.29) is 0 Å². The molecule has 2 rings (SSSR count). The Bertz CT molecular complexity index is 276. The van der Waals surface area contributed by atoms with Gasteiger partial charge in [-0.3, -0.25) is 0 Å². The van der Waals surface area contributed by atoms with Crippen molar-refractivity contribution in [1.82, 2.24) is 0 Å². The van der Waals surface area contributed by atoms with Gasteiger partial charge in [-0.05, 0) is 49.7 Å². The van der Waals surface area contributed by atoms with Gasteiger partial charge in [0.2, 0.25) is 0 Å². The number of fused-ring (bicyclic) bond motifs is 1. The van der Waals surface area contributed by atoms with Crippen molar-refractivity contribution in [2.75, 3.05) is 0 Å². The quantitative estimate of drug-likeness (QED) is 0.425. The highest BCUT2D eigenvalue weighted by Gasteiger charge is 2.43. The summed E-state index contributed by atoms with van der Waals surface area (Å²) in [5, 5.41) is 1.76. The lowest BCUT2D eigenvalue weighted by atomic mass is 9.87. The molecule has 0 radical (unpaired) electrons. The van der Waals surface area contributed by atoms with Gasteiger partial charge in [-0.1, -0.05) is 12.9 Å². The first-order chi connectivity index (χ1) is 5.81. The highest BCUT2D eigenvalue weighted by molar-refractivity contribution is 6.87. The predicted octanol–water partition coefficient (Wildman–Crippen LogP) is -0.382. The van der Waals surface area contributed by atoms with Gasteiger partial charge in [0.25, 0.3) is 0 Å². The molecule has 0 bridgehead atoms. The summed E-state index contributed by atoms with van der Waals surface area (Å²) in [7, 11) is 4.40. The standard InChI is InChI=1S/C8H14OSi3/c1-5(11-12-10)6-2-3-7-8(4-6)9-7/h6-8H,2-4,10H2,1H3. The van der Waals surface area contributed by atoms with Crippen LogP contribution in [0.1, 0.15) is 26.2 Å². The second-order valence-electron chi connectivity index (χ2n) is 3.71. The van der Waals surface area contributed by atoms with Gasteiger partial charge >= 0.3 is 0 Å². The van der Waals surface area contributed by atoms with Crippen LogP contribution >= 0.6 is 0 Å². The monoisotopic (exact) mass is 210 g/mol. The molecule has 3 unspecified atom stereocenters. The largest absolute Gasteiger partial charge is 0.370 e. The summed E-state index contributed by atoms with van der Waals surface area (Å²) < 4.78 is 5.53. The second kappa shape index (κ2) is 3.69. The Hall–Kier alpha value is 0.481. The van der Waals surface area contributed by atoms with E-state index in [2.05, 4.69) is 16.3 Å². The number of ether oxygens (including phenoxy) is 1. The van der Waals surface area contributed by atoms with Gasteiger partial charge in [0.05, 0.1) is 12.2 Å². The van der Waals surface area contributed by atoms with Crippen molar-refractivity contribution in [3.8, 4) is 0 Å². The number of rotatable bonds is 1. The Balaban J connectivity index is 2.04. The van der Waals surface area contributed by atoms with Gasteiger partial charge in [0.15, 0.2) is 0 Å². The summed E-state index contributed by atoms with van der Waals surface area (Å²) in [6, 6.07) is 0. The molecule has 1 aliphatic heterocycles. The Morgan fingerprint density at radius 3 is 2.92 bits per heavy atom. The third-order valence-electron chi connectivity index (χ3n) is 2.90. The maximum Gasteiger partial charge on any atom is 0.0847 e. The lowest BCUT2D eigenvalue weighted by molar-refractivity contribution is 0.371. The molecule has 12 heavy (non-hydrogen) atoms. The molecule has 0 aromatic carbocycles. The van der Waals surface area contributed by atoms with Crippen LogP contribution in [-0.4, -0.2) is 42.6 Å². The van der Waals surface area contributed by atoms with Crippen LogP contribution in [0.4, 0.5) is 0 Å². The fourth-order valence-corrected chi connectivity index (χ4v) is 6.74. The highest BCUT2D eigenvalue weighted by atomic mass is 29.1. The minimum atomic E-state index is 0.658. The third kappa shape index (κ3) is 1.86. The molecule has 0 spiro atoms. The van der Waals surface area contributed by atoms with Crippen molar-refractivity contribution in [2.45, 2.75) is 38.4 Å². The van der Waals surface area contributed by atoms with E-state index in [0.717, 1.165) is 21.8 Å². The van der Waals surface area contributed by atoms with E-state index >= 15 is 0 Å². The van der Waals surface area contributed by atoms with Gasteiger partial charge < -0.3 is 4.74 Å². The Morgan fingerprint density at radius 1 is 1.42 bits per heavy atom. The fraction of sp³-hybridized carbons (Fsp3) is 0.875. The molecule has 64 valence electrons. The molecule has 1 saturated carbocycles. The minimum absolute atomic E-state index is 0.658. The zero-order chi connectivity index (χ0) is 8.55. The summed E-state index contributed by atoms with van der Waals surface area (Å²) in [6.45, 7) is 2.35. The molecule has 0 aromatic rings. The van der Waals surface area contributed by atoms with Crippen LogP contribution in [0.3, 0.4) is 0 Å². The molecule has 1 nitrogen and oxygen atoms in total. The first-order valence-corrected chi connectivity index (χ1v) is 9.91. The van der Waals surface area contributed by atoms with E-state index < -0.39 is 0 Å². The molecule has 0 aromatic heterocycles. The van der Waals surface area contributed by atoms with Crippen LogP contribution < -0.4 is 0 Å². The van der Waals surface area contributed by atoms with Crippen molar-refractivity contribution in [3.63, 3.8) is 0 Å². The molecule has 0 amide bonds. The predicted molar refractivity (Wildman–Crippen MR) is 56.7 cm³/mol. The lowest BCUT2D eigenvalue weighted by Crippen LogP contribution is -2.20. The molecule has 4 heteroatoms. The van der Waals surface area contributed by atoms with E-state index in [4.69, 9.17) is 4.74 Å². The van der Waals surface area contributed by atoms with Gasteiger partial charge in [-0.25, -0.2) is 0 Å². The van der Waals surface area contributed by atoms with Crippen LogP contribution in [0.25, 0.3) is 0 Å². The smallest absolute Gasteiger partial charge is 0.0847 e. The average Bonchev–Trinajstić information content (AvgIpc) is 2.81. The molecule has 1 saturated heterocycles. The second-order valence-corrected chi connectivity index (χ2v) is 10.1. The molecule has 1 heterocycles. The normalized spacial score (nSPS) is 37.6. The molecular weight excluding hydrogens is 196 g/mol. The maximum absolute atomic E-state index is 5.53. The fourth-order valence-electron chi connectivity index (χ4n) is 2.04. The molecule has 0 N–H and O–H groups in total. The van der Waals surface area contributed by atoms with Crippen molar-refractivity contribution in [2.24, 2.45) is 5.92 Å². The van der Waals surface area contributed by atoms with Crippen molar-refractivity contribution in [3.05, 3.63) is 0 Å². The van der Waals surface area contributed by atoms with E-state index in [1.54, 1.807) is 5.17 Å². The summed E-state index contributed by atoms with van der Waals surface area (Å²) in [6.07, 6.45) is 5.38. The summed E-state index contributed by atoms with van der Waals surface area (Å²) in [5.41, 5.74) is 0. The summed E-state index contributed by atoms with van der Waals surface area (Å²) in [5.74, 6) is 0.907. The Labute approximate surface area is 79.8 Å². The van der Waals surface area contributed by atoms with Gasteiger partial charge in [0.1, 0.15) is 0 Å². The Morgan fingerprint density at radius 2 is 2.25 bits per heavy atom. The molecule has 2 aliphatic rings. The topological polar surface area (TPSA) is 12.5 Å². The zero-order valence-electron chi connectivity index (χ0n) is 7.47. The van der Waals surface area contributed by atoms with Gasteiger partial charge in [-0.2, -0.15) is 0 Å². The minimum Gasteiger partial charge on any atom is -0.370 e. The van der Waals surface area contributed by atoms with E-state index in [0.29, 0.717) is 12.2 Å². The molecule has 3 atom stereocenters. The summed E-state index contributed by atoms with van der Waals surface area (Å²) >= 11 is 0. The lowest BCUT2D eigenvalue weighted by Gasteiger charge is -2.18. The van der Waals surface area contributed by atoms with Gasteiger partial charge in [-0.15, -0.1) is 0 Å². The summed E-state index contributed by atoms with van der Waals surface area (Å²) in [4.78, 5) is 0. The molecule has 1 aliphatic carbocycles. The van der Waals surface area contributed by atoms with Crippen molar-refractivity contribution < 1.29 is 4.74 Å². The molecule has 2 fully saturated rings. The van der Waals surface area contributed by atoms with Crippen molar-refractivity contribution in [1.29, 1.82) is 0 Å². The van der Waals surface area contributed by atoms with Crippen LogP contribution in [0.2, 0.25) is 0 Å². The third-order valence-corrected chi connectivity index (χ3v) is 7.19. The zero-order valence-corrected chi connectivity index (χ0v) is 10.9. The Kier molecular flexibility index (Phi) is 2.79. The maximum atomic E-state index is 5.53. The number of epoxide rings is 1. The number of hydrogen-bond donors (Lipinski definition) is 0. The highest BCUT2D eigenvalue weighted by Crippen LogP contribution is 2.39. The first kappa shape index (κ1) is 9.05. The van der Waals surface area contributed by atoms with Crippen LogP contribution in [0.5, 0.6) is 0 Å². The number of hydrogen-bond acceptors (Lipinski definition) is 1. The van der Waals surface area contributed by atoms with Crippen LogP contribution in [0.15, 0.2) is 0 Å². The van der Waals surface area contributed by atoms with E-state index in [1.165, 1.54) is 19.3 Å².